The summed E-state index contributed by atoms with van der Waals surface area (Å²) in [5, 5.41) is 8.64. The fourth-order valence-corrected chi connectivity index (χ4v) is 1.75. The van der Waals surface area contributed by atoms with Gasteiger partial charge in [-0.15, -0.1) is 0 Å². The van der Waals surface area contributed by atoms with Crippen molar-refractivity contribution in [2.24, 2.45) is 11.1 Å². The molecule has 0 aliphatic heterocycles. The van der Waals surface area contributed by atoms with Crippen LogP contribution in [0.1, 0.15) is 25.7 Å². The molecule has 3 heteroatoms. The second-order valence-electron chi connectivity index (χ2n) is 4.21. The van der Waals surface area contributed by atoms with E-state index in [1.54, 1.807) is 0 Å². The molecule has 0 aromatic rings. The van der Waals surface area contributed by atoms with E-state index in [4.69, 9.17) is 11.0 Å². The van der Waals surface area contributed by atoms with Gasteiger partial charge in [0.1, 0.15) is 0 Å². The van der Waals surface area contributed by atoms with Crippen LogP contribution in [0.4, 0.5) is 0 Å². The third-order valence-corrected chi connectivity index (χ3v) is 2.76. The third kappa shape index (κ3) is 3.33. The molecule has 1 rings (SSSR count). The Hall–Kier alpha value is -0.590. The van der Waals surface area contributed by atoms with Crippen LogP contribution < -0.4 is 5.73 Å². The van der Waals surface area contributed by atoms with Crippen LogP contribution in [-0.2, 0) is 0 Å². The molecule has 0 saturated heterocycles. The summed E-state index contributed by atoms with van der Waals surface area (Å²) in [6.07, 6.45) is 4.24. The van der Waals surface area contributed by atoms with Gasteiger partial charge in [0.25, 0.3) is 0 Å². The minimum Gasteiger partial charge on any atom is -0.330 e. The third-order valence-electron chi connectivity index (χ3n) is 2.76. The largest absolute Gasteiger partial charge is 0.330 e. The molecule has 0 aromatic heterocycles. The van der Waals surface area contributed by atoms with Gasteiger partial charge in [0.05, 0.1) is 6.07 Å². The zero-order chi connectivity index (χ0) is 9.73. The number of rotatable bonds is 6. The Bertz CT molecular complexity index is 191. The number of nitriles is 1. The molecule has 0 radical (unpaired) electrons. The normalized spacial score (nSPS) is 18.6. The highest BCUT2D eigenvalue weighted by Crippen LogP contribution is 2.48. The molecule has 74 valence electrons. The summed E-state index contributed by atoms with van der Waals surface area (Å²) in [4.78, 5) is 2.30. The predicted octanol–water partition coefficient (Wildman–Crippen LogP) is 0.961. The molecule has 3 nitrogen and oxygen atoms in total. The topological polar surface area (TPSA) is 53.0 Å². The van der Waals surface area contributed by atoms with Crippen molar-refractivity contribution in [3.8, 4) is 6.07 Å². The minimum atomic E-state index is 0.345. The van der Waals surface area contributed by atoms with E-state index < -0.39 is 0 Å². The molecule has 1 aliphatic carbocycles. The maximum Gasteiger partial charge on any atom is 0.0628 e. The fraction of sp³-hybridized carbons (Fsp3) is 0.900. The summed E-state index contributed by atoms with van der Waals surface area (Å²) in [6, 6.07) is 2.28. The van der Waals surface area contributed by atoms with E-state index in [2.05, 4.69) is 18.0 Å². The molecule has 0 spiro atoms. The highest BCUT2D eigenvalue weighted by molar-refractivity contribution is 5.00. The summed E-state index contributed by atoms with van der Waals surface area (Å²) < 4.78 is 0. The summed E-state index contributed by atoms with van der Waals surface area (Å²) in [5.41, 5.74) is 5.78. The number of nitrogens with two attached hydrogens (primary N) is 1. The van der Waals surface area contributed by atoms with Crippen molar-refractivity contribution in [2.45, 2.75) is 25.7 Å². The van der Waals surface area contributed by atoms with Crippen molar-refractivity contribution in [1.29, 1.82) is 5.26 Å². The zero-order valence-corrected chi connectivity index (χ0v) is 8.42. The van der Waals surface area contributed by atoms with Crippen LogP contribution in [0.25, 0.3) is 0 Å². The van der Waals surface area contributed by atoms with E-state index in [1.165, 1.54) is 12.8 Å². The summed E-state index contributed by atoms with van der Waals surface area (Å²) in [6.45, 7) is 2.89. The van der Waals surface area contributed by atoms with Gasteiger partial charge in [0.15, 0.2) is 0 Å². The van der Waals surface area contributed by atoms with Crippen molar-refractivity contribution in [1.82, 2.24) is 4.90 Å². The Kier molecular flexibility index (Phi) is 3.71. The molecule has 0 aromatic carbocycles. The molecule has 0 amide bonds. The van der Waals surface area contributed by atoms with E-state index in [0.717, 1.165) is 32.5 Å². The lowest BCUT2D eigenvalue weighted by Gasteiger charge is -2.21. The average Bonchev–Trinajstić information content (AvgIpc) is 2.82. The Morgan fingerprint density at radius 3 is 2.69 bits per heavy atom. The number of nitrogens with zero attached hydrogens (tertiary/aromatic N) is 2. The van der Waals surface area contributed by atoms with Gasteiger partial charge in [-0.05, 0) is 44.8 Å². The maximum absolute atomic E-state index is 8.64. The van der Waals surface area contributed by atoms with Crippen LogP contribution in [0.2, 0.25) is 0 Å². The van der Waals surface area contributed by atoms with Crippen molar-refractivity contribution < 1.29 is 0 Å². The van der Waals surface area contributed by atoms with Gasteiger partial charge in [-0.3, -0.25) is 0 Å². The zero-order valence-electron chi connectivity index (χ0n) is 8.42. The summed E-state index contributed by atoms with van der Waals surface area (Å²) >= 11 is 0. The first-order chi connectivity index (χ1) is 6.22. The highest BCUT2D eigenvalue weighted by atomic mass is 15.1. The fourth-order valence-electron chi connectivity index (χ4n) is 1.75. The van der Waals surface area contributed by atoms with Gasteiger partial charge in [-0.2, -0.15) is 5.26 Å². The van der Waals surface area contributed by atoms with Crippen LogP contribution in [0.15, 0.2) is 0 Å². The van der Waals surface area contributed by atoms with E-state index >= 15 is 0 Å². The molecule has 0 heterocycles. The summed E-state index contributed by atoms with van der Waals surface area (Å²) in [5.74, 6) is 0. The SMILES string of the molecule is CN(CCCN)CC1(CC#N)CC1. The van der Waals surface area contributed by atoms with Gasteiger partial charge in [0, 0.05) is 13.0 Å². The van der Waals surface area contributed by atoms with Crippen LogP contribution in [0.3, 0.4) is 0 Å². The molecule has 0 bridgehead atoms. The van der Waals surface area contributed by atoms with Crippen LogP contribution >= 0.6 is 0 Å². The smallest absolute Gasteiger partial charge is 0.0628 e. The lowest BCUT2D eigenvalue weighted by atomic mass is 10.0. The van der Waals surface area contributed by atoms with Gasteiger partial charge in [-0.1, -0.05) is 0 Å². The molecular weight excluding hydrogens is 162 g/mol. The molecule has 1 fully saturated rings. The molecule has 1 aliphatic rings. The van der Waals surface area contributed by atoms with Crippen LogP contribution in [-0.4, -0.2) is 31.6 Å². The van der Waals surface area contributed by atoms with E-state index in [9.17, 15) is 0 Å². The van der Waals surface area contributed by atoms with Crippen LogP contribution in [0, 0.1) is 16.7 Å². The van der Waals surface area contributed by atoms with Gasteiger partial charge in [0.2, 0.25) is 0 Å². The van der Waals surface area contributed by atoms with Gasteiger partial charge < -0.3 is 10.6 Å². The first-order valence-electron chi connectivity index (χ1n) is 4.98. The monoisotopic (exact) mass is 181 g/mol. The second-order valence-corrected chi connectivity index (χ2v) is 4.21. The number of hydrogen-bond donors (Lipinski definition) is 1. The van der Waals surface area contributed by atoms with Gasteiger partial charge in [-0.25, -0.2) is 0 Å². The lowest BCUT2D eigenvalue weighted by Crippen LogP contribution is -2.28. The summed E-state index contributed by atoms with van der Waals surface area (Å²) in [7, 11) is 2.12. The van der Waals surface area contributed by atoms with E-state index in [0.29, 0.717) is 5.41 Å². The standard InChI is InChI=1S/C10H19N3/c1-13(8-2-6-11)9-10(3-4-10)5-7-12/h2-6,8-9,11H2,1H3. The quantitative estimate of drug-likeness (QED) is 0.664. The van der Waals surface area contributed by atoms with Crippen molar-refractivity contribution in [3.05, 3.63) is 0 Å². The Balaban J connectivity index is 2.20. The molecule has 2 N–H and O–H groups in total. The number of hydrogen-bond acceptors (Lipinski definition) is 3. The average molecular weight is 181 g/mol. The van der Waals surface area contributed by atoms with Crippen molar-refractivity contribution in [3.63, 3.8) is 0 Å². The Labute approximate surface area is 80.5 Å². The highest BCUT2D eigenvalue weighted by Gasteiger charge is 2.42. The lowest BCUT2D eigenvalue weighted by molar-refractivity contribution is 0.263. The first-order valence-corrected chi connectivity index (χ1v) is 4.98. The molecule has 1 saturated carbocycles. The van der Waals surface area contributed by atoms with Crippen LogP contribution in [0.5, 0.6) is 0 Å². The molecule has 0 unspecified atom stereocenters. The van der Waals surface area contributed by atoms with E-state index in [-0.39, 0.29) is 0 Å². The molecular formula is C10H19N3. The Morgan fingerprint density at radius 1 is 1.54 bits per heavy atom. The maximum atomic E-state index is 8.64. The first kappa shape index (κ1) is 10.5. The Morgan fingerprint density at radius 2 is 2.23 bits per heavy atom. The molecule has 13 heavy (non-hydrogen) atoms. The van der Waals surface area contributed by atoms with Gasteiger partial charge >= 0.3 is 0 Å². The second kappa shape index (κ2) is 4.59. The molecule has 0 atom stereocenters. The van der Waals surface area contributed by atoms with Crippen molar-refractivity contribution >= 4 is 0 Å². The van der Waals surface area contributed by atoms with Crippen molar-refractivity contribution in [2.75, 3.05) is 26.7 Å². The minimum absolute atomic E-state index is 0.345. The predicted molar refractivity (Wildman–Crippen MR) is 53.1 cm³/mol. The van der Waals surface area contributed by atoms with E-state index in [1.807, 2.05) is 0 Å².